The van der Waals surface area contributed by atoms with Gasteiger partial charge in [-0.2, -0.15) is 0 Å². The van der Waals surface area contributed by atoms with Crippen LogP contribution in [-0.2, 0) is 4.74 Å². The summed E-state index contributed by atoms with van der Waals surface area (Å²) in [6, 6.07) is 8.75. The van der Waals surface area contributed by atoms with Crippen molar-refractivity contribution < 1.29 is 28.4 Å². The van der Waals surface area contributed by atoms with Crippen LogP contribution < -0.4 is 0 Å². The minimum absolute atomic E-state index is 0.214. The van der Waals surface area contributed by atoms with Crippen LogP contribution in [0.25, 0.3) is 0 Å². The Balaban J connectivity index is 1.65. The number of nitro groups is 1. The van der Waals surface area contributed by atoms with E-state index in [1.165, 1.54) is 12.1 Å². The molecule has 0 N–H and O–H groups in total. The third-order valence-electron chi connectivity index (χ3n) is 3.81. The molecule has 3 rings (SSSR count). The zero-order valence-electron chi connectivity index (χ0n) is 13.2. The van der Waals surface area contributed by atoms with E-state index in [2.05, 4.69) is 0 Å². The second-order valence-electron chi connectivity index (χ2n) is 5.36. The molecule has 0 aromatic heterocycles. The Morgan fingerprint density at radius 1 is 1.12 bits per heavy atom. The molecule has 2 aromatic rings. The summed E-state index contributed by atoms with van der Waals surface area (Å²) >= 11 is 0. The monoisotopic (exact) mass is 358 g/mol. The summed E-state index contributed by atoms with van der Waals surface area (Å²) in [6.45, 7) is -0.582. The second kappa shape index (κ2) is 6.71. The maximum absolute atomic E-state index is 13.7. The van der Waals surface area contributed by atoms with Gasteiger partial charge in [0.25, 0.3) is 17.5 Å². The molecule has 1 aliphatic rings. The average Bonchev–Trinajstić information content (AvgIpc) is 2.87. The third kappa shape index (κ3) is 3.02. The number of imide groups is 1. The lowest BCUT2D eigenvalue weighted by Gasteiger charge is -2.13. The van der Waals surface area contributed by atoms with Crippen LogP contribution >= 0.6 is 0 Å². The maximum atomic E-state index is 13.7. The first-order valence-electron chi connectivity index (χ1n) is 7.46. The molecular weight excluding hydrogens is 347 g/mol. The standard InChI is InChI=1S/C17H11FN2O6/c18-14-6-5-10(20(24)25)9-13(14)17(23)26-8-7-19-15(21)11-3-1-2-4-12(11)16(19)22/h1-6,9H,7-8H2. The largest absolute Gasteiger partial charge is 0.460 e. The quantitative estimate of drug-likeness (QED) is 0.351. The van der Waals surface area contributed by atoms with Crippen molar-refractivity contribution >= 4 is 23.5 Å². The van der Waals surface area contributed by atoms with E-state index in [4.69, 9.17) is 4.74 Å². The summed E-state index contributed by atoms with van der Waals surface area (Å²) in [7, 11) is 0. The van der Waals surface area contributed by atoms with Crippen LogP contribution in [-0.4, -0.2) is 40.8 Å². The molecular formula is C17H11FN2O6. The van der Waals surface area contributed by atoms with E-state index in [1.54, 1.807) is 12.1 Å². The lowest BCUT2D eigenvalue weighted by molar-refractivity contribution is -0.384. The van der Waals surface area contributed by atoms with Crippen molar-refractivity contribution in [2.45, 2.75) is 0 Å². The predicted molar refractivity (Wildman–Crippen MR) is 85.1 cm³/mol. The second-order valence-corrected chi connectivity index (χ2v) is 5.36. The van der Waals surface area contributed by atoms with Crippen LogP contribution in [0.4, 0.5) is 10.1 Å². The fraction of sp³-hybridized carbons (Fsp3) is 0.118. The van der Waals surface area contributed by atoms with Crippen molar-refractivity contribution in [2.24, 2.45) is 0 Å². The Bertz CT molecular complexity index is 908. The fourth-order valence-electron chi connectivity index (χ4n) is 2.53. The molecule has 9 heteroatoms. The van der Waals surface area contributed by atoms with E-state index < -0.39 is 39.8 Å². The third-order valence-corrected chi connectivity index (χ3v) is 3.81. The molecule has 0 bridgehead atoms. The number of ether oxygens (including phenoxy) is 1. The Hall–Kier alpha value is -3.62. The van der Waals surface area contributed by atoms with E-state index in [1.807, 2.05) is 0 Å². The number of esters is 1. The van der Waals surface area contributed by atoms with E-state index >= 15 is 0 Å². The number of hydrogen-bond acceptors (Lipinski definition) is 6. The van der Waals surface area contributed by atoms with Crippen molar-refractivity contribution in [3.05, 3.63) is 75.1 Å². The first-order chi connectivity index (χ1) is 12.4. The van der Waals surface area contributed by atoms with Crippen LogP contribution in [0.5, 0.6) is 0 Å². The van der Waals surface area contributed by atoms with Gasteiger partial charge in [-0.05, 0) is 18.2 Å². The maximum Gasteiger partial charge on any atom is 0.341 e. The van der Waals surface area contributed by atoms with Gasteiger partial charge in [-0.25, -0.2) is 9.18 Å². The molecule has 132 valence electrons. The van der Waals surface area contributed by atoms with E-state index in [0.717, 1.165) is 23.1 Å². The van der Waals surface area contributed by atoms with Gasteiger partial charge in [0, 0.05) is 12.1 Å². The summed E-state index contributed by atoms with van der Waals surface area (Å²) in [5, 5.41) is 10.7. The number of non-ortho nitro benzene ring substituents is 1. The number of hydrogen-bond donors (Lipinski definition) is 0. The van der Waals surface area contributed by atoms with Gasteiger partial charge in [-0.3, -0.25) is 24.6 Å². The number of halogens is 1. The van der Waals surface area contributed by atoms with Gasteiger partial charge in [0.1, 0.15) is 18.0 Å². The molecule has 1 aliphatic heterocycles. The van der Waals surface area contributed by atoms with Crippen molar-refractivity contribution in [2.75, 3.05) is 13.2 Å². The molecule has 0 radical (unpaired) electrons. The van der Waals surface area contributed by atoms with E-state index in [9.17, 15) is 28.9 Å². The SMILES string of the molecule is O=C(OCCN1C(=O)c2ccccc2C1=O)c1cc([N+](=O)[O-])ccc1F. The fourth-order valence-corrected chi connectivity index (χ4v) is 2.53. The zero-order chi connectivity index (χ0) is 18.8. The highest BCUT2D eigenvalue weighted by Crippen LogP contribution is 2.22. The van der Waals surface area contributed by atoms with Gasteiger partial charge in [0.2, 0.25) is 0 Å². The van der Waals surface area contributed by atoms with Crippen molar-refractivity contribution in [3.63, 3.8) is 0 Å². The van der Waals surface area contributed by atoms with Crippen LogP contribution in [0.3, 0.4) is 0 Å². The minimum atomic E-state index is -1.12. The molecule has 2 aromatic carbocycles. The lowest BCUT2D eigenvalue weighted by Crippen LogP contribution is -2.33. The molecule has 0 atom stereocenters. The lowest BCUT2D eigenvalue weighted by atomic mass is 10.1. The zero-order valence-corrected chi connectivity index (χ0v) is 13.2. The predicted octanol–water partition coefficient (Wildman–Crippen LogP) is 2.19. The highest BCUT2D eigenvalue weighted by Gasteiger charge is 2.34. The molecule has 0 aliphatic carbocycles. The van der Waals surface area contributed by atoms with Gasteiger partial charge in [-0.1, -0.05) is 12.1 Å². The van der Waals surface area contributed by atoms with E-state index in [0.29, 0.717) is 0 Å². The summed E-state index contributed by atoms with van der Waals surface area (Å²) in [4.78, 5) is 47.1. The molecule has 0 spiro atoms. The minimum Gasteiger partial charge on any atom is -0.460 e. The number of nitro benzene ring substituents is 1. The first kappa shape index (κ1) is 17.2. The summed E-state index contributed by atoms with van der Waals surface area (Å²) in [5.41, 5.74) is -0.539. The molecule has 0 saturated carbocycles. The normalized spacial score (nSPS) is 12.9. The molecule has 2 amide bonds. The molecule has 0 fully saturated rings. The van der Waals surface area contributed by atoms with Crippen LogP contribution in [0.1, 0.15) is 31.1 Å². The number of rotatable bonds is 5. The van der Waals surface area contributed by atoms with E-state index in [-0.39, 0.29) is 24.3 Å². The number of fused-ring (bicyclic) bond motifs is 1. The number of nitrogens with zero attached hydrogens (tertiary/aromatic N) is 2. The highest BCUT2D eigenvalue weighted by atomic mass is 19.1. The molecule has 26 heavy (non-hydrogen) atoms. The Kier molecular flexibility index (Phi) is 4.44. The molecule has 0 unspecified atom stereocenters. The van der Waals surface area contributed by atoms with Gasteiger partial charge < -0.3 is 4.74 Å². The van der Waals surface area contributed by atoms with Gasteiger partial charge >= 0.3 is 5.97 Å². The average molecular weight is 358 g/mol. The van der Waals surface area contributed by atoms with Crippen molar-refractivity contribution in [1.29, 1.82) is 0 Å². The van der Waals surface area contributed by atoms with Crippen LogP contribution in [0.15, 0.2) is 42.5 Å². The number of carbonyl (C=O) groups is 3. The Morgan fingerprint density at radius 3 is 2.31 bits per heavy atom. The highest BCUT2D eigenvalue weighted by molar-refractivity contribution is 6.21. The molecule has 8 nitrogen and oxygen atoms in total. The van der Waals surface area contributed by atoms with Gasteiger partial charge in [0.15, 0.2) is 0 Å². The molecule has 1 heterocycles. The number of carbonyl (C=O) groups excluding carboxylic acids is 3. The van der Waals surface area contributed by atoms with Crippen LogP contribution in [0.2, 0.25) is 0 Å². The summed E-state index contributed by atoms with van der Waals surface area (Å²) in [6.07, 6.45) is 0. The smallest absolute Gasteiger partial charge is 0.341 e. The number of benzene rings is 2. The Labute approximate surface area is 145 Å². The number of amides is 2. The summed E-state index contributed by atoms with van der Waals surface area (Å²) in [5.74, 6) is -3.12. The van der Waals surface area contributed by atoms with Crippen molar-refractivity contribution in [1.82, 2.24) is 4.90 Å². The first-order valence-corrected chi connectivity index (χ1v) is 7.46. The van der Waals surface area contributed by atoms with Gasteiger partial charge in [0.05, 0.1) is 22.6 Å². The Morgan fingerprint density at radius 2 is 1.73 bits per heavy atom. The van der Waals surface area contributed by atoms with Gasteiger partial charge in [-0.15, -0.1) is 0 Å². The summed E-state index contributed by atoms with van der Waals surface area (Å²) < 4.78 is 18.5. The van der Waals surface area contributed by atoms with Crippen molar-refractivity contribution in [3.8, 4) is 0 Å². The van der Waals surface area contributed by atoms with Crippen LogP contribution in [0, 0.1) is 15.9 Å². The topological polar surface area (TPSA) is 107 Å². The molecule has 0 saturated heterocycles.